The largest absolute Gasteiger partial charge is 0.338 e. The van der Waals surface area contributed by atoms with Crippen molar-refractivity contribution in [3.05, 3.63) is 35.9 Å². The van der Waals surface area contributed by atoms with E-state index in [1.54, 1.807) is 4.90 Å². The number of rotatable bonds is 11. The Kier molecular flexibility index (Phi) is 10.6. The van der Waals surface area contributed by atoms with E-state index in [0.717, 1.165) is 5.56 Å². The number of carbonyl (C=O) groups is 2. The molecule has 1 N–H and O–H groups in total. The minimum absolute atomic E-state index is 0.0383. The van der Waals surface area contributed by atoms with E-state index in [9.17, 15) is 18.0 Å². The third kappa shape index (κ3) is 8.30. The molecule has 0 bridgehead atoms. The van der Waals surface area contributed by atoms with Crippen molar-refractivity contribution in [2.45, 2.75) is 59.5 Å². The smallest absolute Gasteiger partial charge is 0.317 e. The fourth-order valence-corrected chi connectivity index (χ4v) is 5.76. The quantitative estimate of drug-likeness (QED) is 0.527. The average Bonchev–Trinajstić information content (AvgIpc) is 2.77. The first-order valence-corrected chi connectivity index (χ1v) is 13.6. The fourth-order valence-electron chi connectivity index (χ4n) is 4.16. The maximum atomic E-state index is 13.5. The third-order valence-electron chi connectivity index (χ3n) is 5.77. The van der Waals surface area contributed by atoms with Gasteiger partial charge in [-0.3, -0.25) is 4.79 Å². The fraction of sp³-hybridized carbons (Fsp3) is 0.667. The number of piperidine rings is 1. The Balaban J connectivity index is 2.20. The maximum Gasteiger partial charge on any atom is 0.317 e. The molecule has 1 fully saturated rings. The lowest BCUT2D eigenvalue weighted by Gasteiger charge is -2.39. The van der Waals surface area contributed by atoms with Gasteiger partial charge in [0, 0.05) is 38.8 Å². The first-order chi connectivity index (χ1) is 15.7. The summed E-state index contributed by atoms with van der Waals surface area (Å²) in [7, 11) is -3.50. The van der Waals surface area contributed by atoms with E-state index < -0.39 is 10.0 Å². The number of nitrogens with zero attached hydrogens (tertiary/aromatic N) is 3. The van der Waals surface area contributed by atoms with Gasteiger partial charge in [-0.1, -0.05) is 51.1 Å². The van der Waals surface area contributed by atoms with Crippen LogP contribution in [0.1, 0.15) is 52.5 Å². The highest BCUT2D eigenvalue weighted by molar-refractivity contribution is 7.89. The first kappa shape index (κ1) is 27.1. The lowest BCUT2D eigenvalue weighted by atomic mass is 10.0. The van der Waals surface area contributed by atoms with Crippen molar-refractivity contribution in [1.82, 2.24) is 19.4 Å². The highest BCUT2D eigenvalue weighted by Crippen LogP contribution is 2.21. The van der Waals surface area contributed by atoms with Crippen molar-refractivity contribution >= 4 is 22.0 Å². The van der Waals surface area contributed by atoms with Crippen LogP contribution in [0.3, 0.4) is 0 Å². The SMILES string of the molecule is CCCS(=O)(=O)N(CC(=O)N(Cc1ccccc1)C1CCN(C(=O)NCC)CC1)CC(C)C. The van der Waals surface area contributed by atoms with Crippen LogP contribution in [0.5, 0.6) is 0 Å². The molecule has 0 spiro atoms. The molecule has 1 aromatic rings. The molecule has 3 amide bonds. The second-order valence-corrected chi connectivity index (χ2v) is 11.2. The number of urea groups is 1. The number of hydrogen-bond donors (Lipinski definition) is 1. The van der Waals surface area contributed by atoms with Crippen molar-refractivity contribution in [1.29, 1.82) is 0 Å². The number of carbonyl (C=O) groups excluding carboxylic acids is 2. The standard InChI is InChI=1S/C24H40N4O4S/c1-5-16-33(31,32)27(17-20(3)4)19-23(29)28(18-21-10-8-7-9-11-21)22-12-14-26(15-13-22)24(30)25-6-2/h7-11,20,22H,5-6,12-19H2,1-4H3,(H,25,30). The molecule has 8 nitrogen and oxygen atoms in total. The summed E-state index contributed by atoms with van der Waals surface area (Å²) >= 11 is 0. The molecule has 186 valence electrons. The topological polar surface area (TPSA) is 90.0 Å². The summed E-state index contributed by atoms with van der Waals surface area (Å²) in [5.74, 6) is -0.0284. The van der Waals surface area contributed by atoms with Gasteiger partial charge in [0.05, 0.1) is 12.3 Å². The highest BCUT2D eigenvalue weighted by Gasteiger charge is 2.32. The van der Waals surface area contributed by atoms with Crippen LogP contribution >= 0.6 is 0 Å². The second-order valence-electron chi connectivity index (χ2n) is 9.06. The molecule has 1 saturated heterocycles. The molecule has 0 aliphatic carbocycles. The highest BCUT2D eigenvalue weighted by atomic mass is 32.2. The third-order valence-corrected chi connectivity index (χ3v) is 7.76. The zero-order chi connectivity index (χ0) is 24.4. The van der Waals surface area contributed by atoms with Gasteiger partial charge in [0.25, 0.3) is 0 Å². The summed E-state index contributed by atoms with van der Waals surface area (Å²) < 4.78 is 27.0. The van der Waals surface area contributed by atoms with Crippen LogP contribution in [0.25, 0.3) is 0 Å². The van der Waals surface area contributed by atoms with Crippen molar-refractivity contribution in [3.63, 3.8) is 0 Å². The Labute approximate surface area is 199 Å². The molecule has 0 unspecified atom stereocenters. The second kappa shape index (κ2) is 12.9. The van der Waals surface area contributed by atoms with Crippen LogP contribution < -0.4 is 5.32 Å². The van der Waals surface area contributed by atoms with Gasteiger partial charge < -0.3 is 15.1 Å². The van der Waals surface area contributed by atoms with Gasteiger partial charge in [-0.2, -0.15) is 4.31 Å². The van der Waals surface area contributed by atoms with E-state index in [1.165, 1.54) is 4.31 Å². The van der Waals surface area contributed by atoms with Crippen LogP contribution in [0.4, 0.5) is 4.79 Å². The minimum atomic E-state index is -3.50. The first-order valence-electron chi connectivity index (χ1n) is 12.0. The van der Waals surface area contributed by atoms with Gasteiger partial charge in [0.15, 0.2) is 0 Å². The normalized spacial score (nSPS) is 15.2. The van der Waals surface area contributed by atoms with Crippen LogP contribution in [0.15, 0.2) is 30.3 Å². The summed E-state index contributed by atoms with van der Waals surface area (Å²) in [5, 5.41) is 2.83. The van der Waals surface area contributed by atoms with Crippen molar-refractivity contribution in [2.75, 3.05) is 38.5 Å². The molecule has 2 rings (SSSR count). The predicted octanol–water partition coefficient (Wildman–Crippen LogP) is 2.91. The lowest BCUT2D eigenvalue weighted by molar-refractivity contribution is -0.135. The predicted molar refractivity (Wildman–Crippen MR) is 131 cm³/mol. The van der Waals surface area contributed by atoms with E-state index in [4.69, 9.17) is 0 Å². The Morgan fingerprint density at radius 3 is 2.30 bits per heavy atom. The van der Waals surface area contributed by atoms with E-state index >= 15 is 0 Å². The molecule has 33 heavy (non-hydrogen) atoms. The molecule has 0 saturated carbocycles. The van der Waals surface area contributed by atoms with Crippen LogP contribution in [0.2, 0.25) is 0 Å². The Bertz CT molecular complexity index is 852. The Morgan fingerprint density at radius 2 is 1.76 bits per heavy atom. The molecular formula is C24H40N4O4S. The van der Waals surface area contributed by atoms with Gasteiger partial charge in [0.1, 0.15) is 0 Å². The molecule has 1 heterocycles. The summed E-state index contributed by atoms with van der Waals surface area (Å²) in [6, 6.07) is 9.64. The van der Waals surface area contributed by atoms with Crippen LogP contribution in [-0.4, -0.2) is 79.0 Å². The van der Waals surface area contributed by atoms with E-state index in [1.807, 2.05) is 62.9 Å². The summed E-state index contributed by atoms with van der Waals surface area (Å²) in [5.41, 5.74) is 1.00. The summed E-state index contributed by atoms with van der Waals surface area (Å²) in [6.45, 7) is 9.95. The van der Waals surface area contributed by atoms with Gasteiger partial charge >= 0.3 is 6.03 Å². The van der Waals surface area contributed by atoms with E-state index in [-0.39, 0.29) is 36.2 Å². The number of benzene rings is 1. The number of nitrogens with one attached hydrogen (secondary N) is 1. The molecule has 0 atom stereocenters. The Hall–Kier alpha value is -2.13. The molecule has 9 heteroatoms. The molecule has 1 aliphatic rings. The van der Waals surface area contributed by atoms with Gasteiger partial charge in [-0.05, 0) is 37.7 Å². The molecule has 1 aliphatic heterocycles. The number of amides is 3. The van der Waals surface area contributed by atoms with Crippen LogP contribution in [0, 0.1) is 5.92 Å². The minimum Gasteiger partial charge on any atom is -0.338 e. The van der Waals surface area contributed by atoms with Gasteiger partial charge in [0.2, 0.25) is 15.9 Å². The van der Waals surface area contributed by atoms with Gasteiger partial charge in [-0.15, -0.1) is 0 Å². The van der Waals surface area contributed by atoms with Crippen molar-refractivity contribution < 1.29 is 18.0 Å². The average molecular weight is 481 g/mol. The molecular weight excluding hydrogens is 440 g/mol. The monoisotopic (exact) mass is 480 g/mol. The number of likely N-dealkylation sites (tertiary alicyclic amines) is 1. The van der Waals surface area contributed by atoms with E-state index in [0.29, 0.717) is 52.0 Å². The molecule has 0 aromatic heterocycles. The lowest BCUT2D eigenvalue weighted by Crippen LogP contribution is -2.53. The molecule has 0 radical (unpaired) electrons. The Morgan fingerprint density at radius 1 is 1.12 bits per heavy atom. The molecule has 1 aromatic carbocycles. The number of sulfonamides is 1. The zero-order valence-electron chi connectivity index (χ0n) is 20.5. The maximum absolute atomic E-state index is 13.5. The zero-order valence-corrected chi connectivity index (χ0v) is 21.3. The van der Waals surface area contributed by atoms with Crippen molar-refractivity contribution in [3.8, 4) is 0 Å². The summed E-state index contributed by atoms with van der Waals surface area (Å²) in [4.78, 5) is 29.3. The van der Waals surface area contributed by atoms with E-state index in [2.05, 4.69) is 5.32 Å². The van der Waals surface area contributed by atoms with Gasteiger partial charge in [-0.25, -0.2) is 13.2 Å². The summed E-state index contributed by atoms with van der Waals surface area (Å²) in [6.07, 6.45) is 1.85. The van der Waals surface area contributed by atoms with Crippen molar-refractivity contribution in [2.24, 2.45) is 5.92 Å². The van der Waals surface area contributed by atoms with Crippen LogP contribution in [-0.2, 0) is 21.4 Å². The number of hydrogen-bond acceptors (Lipinski definition) is 4.